The smallest absolute Gasteiger partial charge is 0.410 e. The van der Waals surface area contributed by atoms with E-state index in [-0.39, 0.29) is 17.8 Å². The van der Waals surface area contributed by atoms with Crippen LogP contribution in [0, 0.1) is 5.41 Å². The summed E-state index contributed by atoms with van der Waals surface area (Å²) < 4.78 is 11.1. The number of hydrogen-bond acceptors (Lipinski definition) is 7. The van der Waals surface area contributed by atoms with Crippen molar-refractivity contribution in [3.8, 4) is 22.4 Å². The summed E-state index contributed by atoms with van der Waals surface area (Å²) in [6.07, 6.45) is 3.74. The molecule has 250 valence electrons. The van der Waals surface area contributed by atoms with E-state index >= 15 is 0 Å². The van der Waals surface area contributed by atoms with Crippen LogP contribution in [-0.2, 0) is 14.3 Å². The summed E-state index contributed by atoms with van der Waals surface area (Å²) in [6.45, 7) is 13.6. The van der Waals surface area contributed by atoms with Gasteiger partial charge in [0.2, 0.25) is 0 Å². The maximum atomic E-state index is 12.9. The lowest BCUT2D eigenvalue weighted by atomic mass is 9.98. The Morgan fingerprint density at radius 1 is 0.917 bits per heavy atom. The Morgan fingerprint density at radius 3 is 2.25 bits per heavy atom. The van der Waals surface area contributed by atoms with Crippen molar-refractivity contribution in [1.29, 1.82) is 5.41 Å². The quantitative estimate of drug-likeness (QED) is 0.119. The highest BCUT2D eigenvalue weighted by molar-refractivity contribution is 6.37. The fourth-order valence-corrected chi connectivity index (χ4v) is 6.22. The van der Waals surface area contributed by atoms with E-state index in [0.717, 1.165) is 62.9 Å². The van der Waals surface area contributed by atoms with E-state index in [0.29, 0.717) is 18.8 Å². The summed E-state index contributed by atoms with van der Waals surface area (Å²) in [5, 5.41) is 10.6. The topological polar surface area (TPSA) is 137 Å². The molecule has 0 bridgehead atoms. The summed E-state index contributed by atoms with van der Waals surface area (Å²) in [4.78, 5) is 43.4. The number of nitrogens with one attached hydrogen (secondary N) is 3. The normalized spacial score (nSPS) is 16.0. The summed E-state index contributed by atoms with van der Waals surface area (Å²) in [6, 6.07) is 18.7. The van der Waals surface area contributed by atoms with Crippen LogP contribution in [0.1, 0.15) is 91.3 Å². The molecule has 0 radical (unpaired) electrons. The number of likely N-dealkylation sites (tertiary alicyclic amines) is 1. The third kappa shape index (κ3) is 6.98. The van der Waals surface area contributed by atoms with E-state index in [1.165, 1.54) is 0 Å². The molecule has 2 aromatic heterocycles. The fraction of sp³-hybridized carbons (Fsp3) is 0.395. The van der Waals surface area contributed by atoms with Gasteiger partial charge in [-0.05, 0) is 107 Å². The molecule has 0 saturated carbocycles. The monoisotopic (exact) mass is 648 g/mol. The number of carbonyl (C=O) groups excluding carboxylic acids is 2. The maximum Gasteiger partial charge on any atom is 0.410 e. The van der Waals surface area contributed by atoms with E-state index in [1.807, 2.05) is 39.8 Å². The predicted molar refractivity (Wildman–Crippen MR) is 188 cm³/mol. The minimum absolute atomic E-state index is 0.106. The van der Waals surface area contributed by atoms with E-state index < -0.39 is 23.1 Å². The highest BCUT2D eigenvalue weighted by Crippen LogP contribution is 2.35. The molecule has 1 fully saturated rings. The van der Waals surface area contributed by atoms with Crippen LogP contribution in [0.15, 0.2) is 60.8 Å². The van der Waals surface area contributed by atoms with E-state index in [9.17, 15) is 9.59 Å². The fourth-order valence-electron chi connectivity index (χ4n) is 6.22. The Hall–Kier alpha value is -4.99. The zero-order chi connectivity index (χ0) is 34.4. The number of imidazole rings is 2. The number of benzene rings is 3. The zero-order valence-corrected chi connectivity index (χ0v) is 28.7. The summed E-state index contributed by atoms with van der Waals surface area (Å²) in [5.74, 6) is 0.244. The summed E-state index contributed by atoms with van der Waals surface area (Å²) in [5.41, 5.74) is 4.39. The first-order valence-electron chi connectivity index (χ1n) is 16.6. The number of rotatable bonds is 7. The molecular formula is C38H44N6O4. The second-order valence-electron chi connectivity index (χ2n) is 14.5. The van der Waals surface area contributed by atoms with Crippen LogP contribution >= 0.6 is 0 Å². The highest BCUT2D eigenvalue weighted by atomic mass is 16.6. The van der Waals surface area contributed by atoms with Gasteiger partial charge in [0.25, 0.3) is 0 Å². The van der Waals surface area contributed by atoms with Crippen LogP contribution < -0.4 is 0 Å². The number of ether oxygens (including phenoxy) is 2. The minimum Gasteiger partial charge on any atom is -0.455 e. The Labute approximate surface area is 280 Å². The first-order valence-corrected chi connectivity index (χ1v) is 16.6. The van der Waals surface area contributed by atoms with Gasteiger partial charge in [-0.25, -0.2) is 19.6 Å². The molecule has 3 heterocycles. The second-order valence-corrected chi connectivity index (χ2v) is 14.5. The number of aromatic amines is 2. The molecule has 5 aromatic rings. The molecule has 1 aliphatic rings. The number of fused-ring (bicyclic) bond motifs is 2. The van der Waals surface area contributed by atoms with Crippen LogP contribution in [0.5, 0.6) is 0 Å². The van der Waals surface area contributed by atoms with Gasteiger partial charge in [-0.3, -0.25) is 10.3 Å². The number of carbonyl (C=O) groups is 2. The van der Waals surface area contributed by atoms with Crippen molar-refractivity contribution in [3.63, 3.8) is 0 Å². The highest BCUT2D eigenvalue weighted by Gasteiger charge is 2.35. The van der Waals surface area contributed by atoms with Gasteiger partial charge in [0.05, 0.1) is 34.9 Å². The number of H-pyrrole nitrogens is 2. The maximum absolute atomic E-state index is 12.9. The average molecular weight is 649 g/mol. The summed E-state index contributed by atoms with van der Waals surface area (Å²) in [7, 11) is 0. The zero-order valence-electron chi connectivity index (χ0n) is 28.7. The SMILES string of the molecule is CC[C@@H](C(=N)C(=O)OC(C)(C)C)c1ncc(-c2ccc3cc(-c4ccc5nc([C@@H]6CCCN6C(=O)OC(C)(C)C)[nH]c5c4)ccc3c2)[nH]1. The van der Waals surface area contributed by atoms with Crippen molar-refractivity contribution in [2.24, 2.45) is 0 Å². The average Bonchev–Trinajstić information content (AvgIpc) is 3.79. The number of nitrogens with zero attached hydrogens (tertiary/aromatic N) is 3. The Kier molecular flexibility index (Phi) is 8.62. The number of esters is 1. The molecule has 3 N–H and O–H groups in total. The van der Waals surface area contributed by atoms with Crippen LogP contribution in [0.3, 0.4) is 0 Å². The van der Waals surface area contributed by atoms with Crippen LogP contribution in [0.25, 0.3) is 44.2 Å². The van der Waals surface area contributed by atoms with E-state index in [2.05, 4.69) is 57.4 Å². The first-order chi connectivity index (χ1) is 22.7. The van der Waals surface area contributed by atoms with E-state index in [4.69, 9.17) is 19.9 Å². The van der Waals surface area contributed by atoms with Gasteiger partial charge in [0, 0.05) is 12.1 Å². The standard InChI is InChI=1S/C38H44N6O4/c1-8-27(32(39)35(45)47-37(2,3)4)33-40-21-30(43-33)26-14-13-22-18-23(11-12-24(22)19-26)25-15-16-28-29(20-25)42-34(41-28)31-10-9-17-44(31)36(46)48-38(5,6)7/h11-16,18-21,27,31,39H,8-10,17H2,1-7H3,(H,40,43)(H,41,42)/t27-,31-/m0/s1. The molecule has 10 nitrogen and oxygen atoms in total. The van der Waals surface area contributed by atoms with E-state index in [1.54, 1.807) is 31.9 Å². The lowest BCUT2D eigenvalue weighted by molar-refractivity contribution is -0.146. The third-order valence-corrected chi connectivity index (χ3v) is 8.48. The van der Waals surface area contributed by atoms with Gasteiger partial charge < -0.3 is 19.4 Å². The van der Waals surface area contributed by atoms with Gasteiger partial charge >= 0.3 is 12.1 Å². The van der Waals surface area contributed by atoms with Crippen molar-refractivity contribution in [2.45, 2.75) is 90.9 Å². The van der Waals surface area contributed by atoms with Gasteiger partial charge in [0.15, 0.2) is 0 Å². The molecular weight excluding hydrogens is 604 g/mol. The molecule has 3 aromatic carbocycles. The molecule has 10 heteroatoms. The van der Waals surface area contributed by atoms with Gasteiger partial charge in [-0.2, -0.15) is 0 Å². The molecule has 1 amide bonds. The molecule has 0 unspecified atom stereocenters. The molecule has 48 heavy (non-hydrogen) atoms. The Bertz CT molecular complexity index is 2010. The number of hydrogen-bond donors (Lipinski definition) is 3. The molecule has 0 spiro atoms. The predicted octanol–water partition coefficient (Wildman–Crippen LogP) is 8.70. The summed E-state index contributed by atoms with van der Waals surface area (Å²) >= 11 is 0. The van der Waals surface area contributed by atoms with Gasteiger partial charge in [-0.15, -0.1) is 0 Å². The second kappa shape index (κ2) is 12.6. The van der Waals surface area contributed by atoms with Crippen molar-refractivity contribution >= 4 is 39.6 Å². The minimum atomic E-state index is -0.668. The molecule has 1 aliphatic heterocycles. The Morgan fingerprint density at radius 2 is 1.56 bits per heavy atom. The van der Waals surface area contributed by atoms with Crippen molar-refractivity contribution in [3.05, 3.63) is 72.4 Å². The van der Waals surface area contributed by atoms with Crippen molar-refractivity contribution in [2.75, 3.05) is 6.54 Å². The molecule has 0 aliphatic carbocycles. The third-order valence-electron chi connectivity index (χ3n) is 8.48. The van der Waals surface area contributed by atoms with Gasteiger partial charge in [0.1, 0.15) is 28.6 Å². The van der Waals surface area contributed by atoms with Gasteiger partial charge in [-0.1, -0.05) is 37.3 Å². The lowest BCUT2D eigenvalue weighted by Crippen LogP contribution is -2.36. The Balaban J connectivity index is 1.21. The number of amides is 1. The van der Waals surface area contributed by atoms with Crippen molar-refractivity contribution in [1.82, 2.24) is 24.8 Å². The van der Waals surface area contributed by atoms with Crippen LogP contribution in [0.4, 0.5) is 4.79 Å². The molecule has 2 atom stereocenters. The number of aromatic nitrogens is 4. The molecule has 6 rings (SSSR count). The van der Waals surface area contributed by atoms with Crippen LogP contribution in [0.2, 0.25) is 0 Å². The first kappa shape index (κ1) is 32.9. The van der Waals surface area contributed by atoms with Crippen LogP contribution in [-0.4, -0.2) is 60.4 Å². The largest absolute Gasteiger partial charge is 0.455 e. The molecule has 1 saturated heterocycles. The van der Waals surface area contributed by atoms with Crippen molar-refractivity contribution < 1.29 is 19.1 Å². The lowest BCUT2D eigenvalue weighted by Gasteiger charge is -2.27.